The highest BCUT2D eigenvalue weighted by Gasteiger charge is 2.28. The van der Waals surface area contributed by atoms with Crippen LogP contribution in [0.2, 0.25) is 0 Å². The Kier molecular flexibility index (Phi) is 7.33. The molecule has 2 unspecified atom stereocenters. The number of methoxy groups -OCH3 is 1. The Morgan fingerprint density at radius 1 is 1.30 bits per heavy atom. The SMILES string of the molecule is COc1cc(C(C)NC(=O)N2CCCC(C(=O)O)C2)ccc1OCC(C)C. The number of ether oxygens (including phenoxy) is 2. The van der Waals surface area contributed by atoms with E-state index in [1.807, 2.05) is 25.1 Å². The number of rotatable bonds is 7. The third-order valence-electron chi connectivity index (χ3n) is 4.66. The molecule has 1 heterocycles. The van der Waals surface area contributed by atoms with Gasteiger partial charge in [-0.1, -0.05) is 19.9 Å². The first-order valence-electron chi connectivity index (χ1n) is 9.40. The summed E-state index contributed by atoms with van der Waals surface area (Å²) in [5, 5.41) is 12.1. The van der Waals surface area contributed by atoms with E-state index in [0.717, 1.165) is 5.56 Å². The Labute approximate surface area is 160 Å². The van der Waals surface area contributed by atoms with Crippen LogP contribution in [0, 0.1) is 11.8 Å². The van der Waals surface area contributed by atoms with E-state index in [-0.39, 0.29) is 18.6 Å². The third kappa shape index (κ3) is 5.77. The standard InChI is InChI=1S/C20H30N2O5/c1-13(2)12-27-17-8-7-15(10-18(17)26-4)14(3)21-20(25)22-9-5-6-16(11-22)19(23)24/h7-8,10,13-14,16H,5-6,9,11-12H2,1-4H3,(H,21,25)(H,23,24). The van der Waals surface area contributed by atoms with E-state index in [0.29, 0.717) is 43.4 Å². The topological polar surface area (TPSA) is 88.1 Å². The number of urea groups is 1. The van der Waals surface area contributed by atoms with Gasteiger partial charge in [0.2, 0.25) is 0 Å². The molecule has 150 valence electrons. The second kappa shape index (κ2) is 9.48. The second-order valence-corrected chi connectivity index (χ2v) is 7.41. The number of nitrogens with one attached hydrogen (secondary N) is 1. The fourth-order valence-electron chi connectivity index (χ4n) is 3.05. The first kappa shape index (κ1) is 20.9. The van der Waals surface area contributed by atoms with Crippen LogP contribution in [0.25, 0.3) is 0 Å². The zero-order chi connectivity index (χ0) is 20.0. The fraction of sp³-hybridized carbons (Fsp3) is 0.600. The Balaban J connectivity index is 2.01. The van der Waals surface area contributed by atoms with Crippen LogP contribution >= 0.6 is 0 Å². The summed E-state index contributed by atoms with van der Waals surface area (Å²) < 4.78 is 11.2. The molecule has 2 rings (SSSR count). The Morgan fingerprint density at radius 3 is 2.67 bits per heavy atom. The summed E-state index contributed by atoms with van der Waals surface area (Å²) in [5.41, 5.74) is 0.892. The molecule has 1 aromatic rings. The van der Waals surface area contributed by atoms with Crippen LogP contribution in [-0.2, 0) is 4.79 Å². The molecule has 0 radical (unpaired) electrons. The van der Waals surface area contributed by atoms with Gasteiger partial charge in [-0.15, -0.1) is 0 Å². The molecule has 1 fully saturated rings. The Hall–Kier alpha value is -2.44. The van der Waals surface area contributed by atoms with Gasteiger partial charge in [-0.25, -0.2) is 4.79 Å². The molecular formula is C20H30N2O5. The Bertz CT molecular complexity index is 662. The molecule has 0 saturated carbocycles. The minimum absolute atomic E-state index is 0.240. The summed E-state index contributed by atoms with van der Waals surface area (Å²) >= 11 is 0. The molecular weight excluding hydrogens is 348 g/mol. The van der Waals surface area contributed by atoms with Crippen LogP contribution in [0.3, 0.4) is 0 Å². The first-order chi connectivity index (χ1) is 12.8. The molecule has 27 heavy (non-hydrogen) atoms. The van der Waals surface area contributed by atoms with Crippen molar-refractivity contribution in [3.8, 4) is 11.5 Å². The molecule has 1 aromatic carbocycles. The van der Waals surface area contributed by atoms with Gasteiger partial charge in [-0.05, 0) is 43.4 Å². The minimum atomic E-state index is -0.845. The van der Waals surface area contributed by atoms with Gasteiger partial charge in [0.05, 0.1) is 25.7 Å². The van der Waals surface area contributed by atoms with Crippen molar-refractivity contribution >= 4 is 12.0 Å². The Morgan fingerprint density at radius 2 is 2.04 bits per heavy atom. The average Bonchev–Trinajstić information content (AvgIpc) is 2.66. The largest absolute Gasteiger partial charge is 0.493 e. The van der Waals surface area contributed by atoms with Crippen molar-refractivity contribution in [1.29, 1.82) is 0 Å². The number of aliphatic carboxylic acids is 1. The number of carbonyl (C=O) groups excluding carboxylic acids is 1. The normalized spacial score (nSPS) is 18.1. The van der Waals surface area contributed by atoms with E-state index in [4.69, 9.17) is 9.47 Å². The lowest BCUT2D eigenvalue weighted by Crippen LogP contribution is -2.47. The minimum Gasteiger partial charge on any atom is -0.493 e. The van der Waals surface area contributed by atoms with Gasteiger partial charge < -0.3 is 24.8 Å². The van der Waals surface area contributed by atoms with Crippen molar-refractivity contribution in [3.05, 3.63) is 23.8 Å². The molecule has 7 heteroatoms. The summed E-state index contributed by atoms with van der Waals surface area (Å²) in [7, 11) is 1.59. The number of benzene rings is 1. The molecule has 1 aliphatic heterocycles. The third-order valence-corrected chi connectivity index (χ3v) is 4.66. The number of hydrogen-bond acceptors (Lipinski definition) is 4. The molecule has 2 atom stereocenters. The van der Waals surface area contributed by atoms with Crippen molar-refractivity contribution < 1.29 is 24.2 Å². The summed E-state index contributed by atoms with van der Waals surface area (Å²) in [4.78, 5) is 25.3. The van der Waals surface area contributed by atoms with E-state index < -0.39 is 11.9 Å². The fourth-order valence-corrected chi connectivity index (χ4v) is 3.05. The van der Waals surface area contributed by atoms with Crippen LogP contribution in [0.15, 0.2) is 18.2 Å². The van der Waals surface area contributed by atoms with Crippen LogP contribution in [0.4, 0.5) is 4.79 Å². The summed E-state index contributed by atoms with van der Waals surface area (Å²) in [6, 6.07) is 5.12. The maximum absolute atomic E-state index is 12.5. The highest BCUT2D eigenvalue weighted by atomic mass is 16.5. The average molecular weight is 378 g/mol. The van der Waals surface area contributed by atoms with E-state index in [9.17, 15) is 14.7 Å². The number of carboxylic acid groups (broad SMARTS) is 1. The summed E-state index contributed by atoms with van der Waals surface area (Å²) in [6.07, 6.45) is 1.32. The van der Waals surface area contributed by atoms with Crippen LogP contribution in [0.1, 0.15) is 45.2 Å². The number of nitrogens with zero attached hydrogens (tertiary/aromatic N) is 1. The zero-order valence-electron chi connectivity index (χ0n) is 16.5. The van der Waals surface area contributed by atoms with Gasteiger partial charge in [0.25, 0.3) is 0 Å². The number of carboxylic acids is 1. The molecule has 1 aliphatic rings. The lowest BCUT2D eigenvalue weighted by atomic mass is 9.98. The lowest BCUT2D eigenvalue weighted by Gasteiger charge is -2.31. The highest BCUT2D eigenvalue weighted by molar-refractivity contribution is 5.77. The molecule has 7 nitrogen and oxygen atoms in total. The smallest absolute Gasteiger partial charge is 0.317 e. The van der Waals surface area contributed by atoms with E-state index in [1.54, 1.807) is 12.0 Å². The van der Waals surface area contributed by atoms with Crippen LogP contribution < -0.4 is 14.8 Å². The number of likely N-dealkylation sites (tertiary alicyclic amines) is 1. The van der Waals surface area contributed by atoms with Gasteiger partial charge in [0.1, 0.15) is 0 Å². The number of hydrogen-bond donors (Lipinski definition) is 2. The molecule has 0 aliphatic carbocycles. The number of piperidine rings is 1. The molecule has 0 aromatic heterocycles. The molecule has 2 amide bonds. The predicted octanol–water partition coefficient (Wildman–Crippen LogP) is 3.30. The summed E-state index contributed by atoms with van der Waals surface area (Å²) in [6.45, 7) is 7.47. The molecule has 2 N–H and O–H groups in total. The van der Waals surface area contributed by atoms with E-state index in [2.05, 4.69) is 19.2 Å². The second-order valence-electron chi connectivity index (χ2n) is 7.41. The van der Waals surface area contributed by atoms with Crippen molar-refractivity contribution in [1.82, 2.24) is 10.2 Å². The van der Waals surface area contributed by atoms with E-state index >= 15 is 0 Å². The van der Waals surface area contributed by atoms with Crippen LogP contribution in [-0.4, -0.2) is 48.8 Å². The molecule has 1 saturated heterocycles. The van der Waals surface area contributed by atoms with Gasteiger partial charge in [0, 0.05) is 13.1 Å². The first-order valence-corrected chi connectivity index (χ1v) is 9.40. The lowest BCUT2D eigenvalue weighted by molar-refractivity contribution is -0.143. The van der Waals surface area contributed by atoms with Gasteiger partial charge in [-0.2, -0.15) is 0 Å². The number of carbonyl (C=O) groups is 2. The van der Waals surface area contributed by atoms with Crippen molar-refractivity contribution in [3.63, 3.8) is 0 Å². The maximum Gasteiger partial charge on any atom is 0.317 e. The van der Waals surface area contributed by atoms with Gasteiger partial charge in [-0.3, -0.25) is 4.79 Å². The van der Waals surface area contributed by atoms with Crippen molar-refractivity contribution in [2.24, 2.45) is 11.8 Å². The van der Waals surface area contributed by atoms with Crippen LogP contribution in [0.5, 0.6) is 11.5 Å². The highest BCUT2D eigenvalue weighted by Crippen LogP contribution is 2.31. The van der Waals surface area contributed by atoms with E-state index in [1.165, 1.54) is 0 Å². The molecule has 0 spiro atoms. The predicted molar refractivity (Wildman–Crippen MR) is 102 cm³/mol. The quantitative estimate of drug-likeness (QED) is 0.760. The van der Waals surface area contributed by atoms with Crippen molar-refractivity contribution in [2.75, 3.05) is 26.8 Å². The summed E-state index contributed by atoms with van der Waals surface area (Å²) in [5.74, 6) is 0.373. The molecule has 0 bridgehead atoms. The van der Waals surface area contributed by atoms with Crippen molar-refractivity contribution in [2.45, 2.75) is 39.7 Å². The number of amides is 2. The maximum atomic E-state index is 12.5. The van der Waals surface area contributed by atoms with Gasteiger partial charge >= 0.3 is 12.0 Å². The zero-order valence-corrected chi connectivity index (χ0v) is 16.5. The van der Waals surface area contributed by atoms with Gasteiger partial charge in [0.15, 0.2) is 11.5 Å². The monoisotopic (exact) mass is 378 g/mol.